The Morgan fingerprint density at radius 3 is 2.65 bits per heavy atom. The molecule has 4 heterocycles. The van der Waals surface area contributed by atoms with E-state index in [-0.39, 0.29) is 59.3 Å². The van der Waals surface area contributed by atoms with Gasteiger partial charge in [-0.15, -0.1) is 0 Å². The summed E-state index contributed by atoms with van der Waals surface area (Å²) in [5, 5.41) is 13.4. The number of rotatable bonds is 10. The van der Waals surface area contributed by atoms with Gasteiger partial charge in [-0.1, -0.05) is 17.8 Å². The fraction of sp³-hybridized carbons (Fsp3) is 0.500. The first-order valence-electron chi connectivity index (χ1n) is 15.1. The molecule has 0 radical (unpaired) electrons. The molecule has 14 heteroatoms. The molecular weight excluding hydrogens is 603 g/mol. The van der Waals surface area contributed by atoms with Crippen molar-refractivity contribution in [3.8, 4) is 29.5 Å². The van der Waals surface area contributed by atoms with Crippen LogP contribution in [0.1, 0.15) is 57.9 Å². The number of nitriles is 1. The van der Waals surface area contributed by atoms with Gasteiger partial charge in [-0.05, 0) is 46.4 Å². The van der Waals surface area contributed by atoms with Crippen molar-refractivity contribution in [2.45, 2.75) is 82.3 Å². The van der Waals surface area contributed by atoms with Gasteiger partial charge in [-0.25, -0.2) is 13.2 Å². The molecule has 3 aromatic rings. The Morgan fingerprint density at radius 1 is 1.22 bits per heavy atom. The van der Waals surface area contributed by atoms with E-state index in [9.17, 15) is 23.2 Å². The molecule has 5 atom stereocenters. The summed E-state index contributed by atoms with van der Waals surface area (Å²) in [6.07, 6.45) is 0.713. The molecule has 1 aromatic carbocycles. The minimum absolute atomic E-state index is 0.000989. The minimum atomic E-state index is -1.13. The third-order valence-corrected chi connectivity index (χ3v) is 8.58. The zero-order chi connectivity index (χ0) is 33.2. The lowest BCUT2D eigenvalue weighted by Gasteiger charge is -2.37. The molecule has 244 valence electrons. The highest BCUT2D eigenvalue weighted by molar-refractivity contribution is 5.87. The molecule has 2 saturated heterocycles. The second-order valence-electron chi connectivity index (χ2n) is 12.2. The summed E-state index contributed by atoms with van der Waals surface area (Å²) >= 11 is 0. The highest BCUT2D eigenvalue weighted by atomic mass is 19.1. The van der Waals surface area contributed by atoms with Gasteiger partial charge in [0.2, 0.25) is 35.2 Å². The van der Waals surface area contributed by atoms with Crippen molar-refractivity contribution in [3.63, 3.8) is 0 Å². The van der Waals surface area contributed by atoms with Crippen molar-refractivity contribution in [2.24, 2.45) is 0 Å². The van der Waals surface area contributed by atoms with Crippen LogP contribution in [0.15, 0.2) is 41.4 Å². The van der Waals surface area contributed by atoms with Crippen molar-refractivity contribution in [1.29, 1.82) is 5.26 Å². The zero-order valence-corrected chi connectivity index (χ0v) is 26.1. The molecule has 2 aliphatic rings. The van der Waals surface area contributed by atoms with Crippen LogP contribution in [0.25, 0.3) is 11.6 Å². The highest BCUT2D eigenvalue weighted by Gasteiger charge is 2.36. The first kappa shape index (κ1) is 32.9. The van der Waals surface area contributed by atoms with Gasteiger partial charge < -0.3 is 18.9 Å². The Morgan fingerprint density at radius 2 is 1.98 bits per heavy atom. The molecule has 2 aromatic heterocycles. The SMILES string of the molecule is C=CC(=O)N1CC[C@H](Oc2cc(O[C@@H](C)[C@@H]3C[C@@H](F)CN3C)nc(-c3noc(C(C)(C)c4ccc(F)cc4F)n3)n2)C[C@H]1CC#N. The molecule has 0 aliphatic carbocycles. The van der Waals surface area contributed by atoms with Crippen LogP contribution in [0.3, 0.4) is 0 Å². The Balaban J connectivity index is 1.45. The maximum Gasteiger partial charge on any atom is 0.246 e. The van der Waals surface area contributed by atoms with E-state index in [1.165, 1.54) is 18.2 Å². The molecule has 5 rings (SSSR count). The molecule has 0 bridgehead atoms. The number of nitrogens with zero attached hydrogens (tertiary/aromatic N) is 7. The molecule has 0 spiro atoms. The fourth-order valence-corrected chi connectivity index (χ4v) is 6.09. The number of piperidine rings is 1. The molecule has 11 nitrogen and oxygen atoms in total. The topological polar surface area (TPSA) is 130 Å². The molecule has 2 fully saturated rings. The summed E-state index contributed by atoms with van der Waals surface area (Å²) < 4.78 is 60.4. The van der Waals surface area contributed by atoms with Crippen LogP contribution in [0.5, 0.6) is 11.8 Å². The lowest BCUT2D eigenvalue weighted by molar-refractivity contribution is -0.130. The number of aromatic nitrogens is 4. The summed E-state index contributed by atoms with van der Waals surface area (Å²) in [5.74, 6) is -1.44. The molecule has 0 saturated carbocycles. The fourth-order valence-electron chi connectivity index (χ4n) is 6.09. The number of amides is 1. The predicted octanol–water partition coefficient (Wildman–Crippen LogP) is 4.78. The maximum absolute atomic E-state index is 14.7. The van der Waals surface area contributed by atoms with Crippen LogP contribution >= 0.6 is 0 Å². The lowest BCUT2D eigenvalue weighted by Crippen LogP contribution is -2.48. The molecule has 0 unspecified atom stereocenters. The molecule has 1 amide bonds. The Labute approximate surface area is 265 Å². The van der Waals surface area contributed by atoms with Crippen molar-refractivity contribution in [3.05, 3.63) is 60.0 Å². The van der Waals surface area contributed by atoms with Gasteiger partial charge in [0.05, 0.1) is 24.0 Å². The van der Waals surface area contributed by atoms with E-state index in [0.29, 0.717) is 32.4 Å². The summed E-state index contributed by atoms with van der Waals surface area (Å²) in [4.78, 5) is 29.3. The summed E-state index contributed by atoms with van der Waals surface area (Å²) in [6.45, 7) is 9.37. The minimum Gasteiger partial charge on any atom is -0.474 e. The van der Waals surface area contributed by atoms with Gasteiger partial charge >= 0.3 is 0 Å². The van der Waals surface area contributed by atoms with E-state index in [2.05, 4.69) is 32.8 Å². The lowest BCUT2D eigenvalue weighted by atomic mass is 9.84. The molecule has 46 heavy (non-hydrogen) atoms. The Bertz CT molecular complexity index is 1630. The number of carbonyl (C=O) groups is 1. The number of ether oxygens (including phenoxy) is 2. The van der Waals surface area contributed by atoms with Crippen LogP contribution in [0.2, 0.25) is 0 Å². The van der Waals surface area contributed by atoms with Crippen molar-refractivity contribution >= 4 is 5.91 Å². The quantitative estimate of drug-likeness (QED) is 0.286. The first-order chi connectivity index (χ1) is 21.9. The summed E-state index contributed by atoms with van der Waals surface area (Å²) in [7, 11) is 1.83. The first-order valence-corrected chi connectivity index (χ1v) is 15.1. The number of benzene rings is 1. The predicted molar refractivity (Wildman–Crippen MR) is 159 cm³/mol. The van der Waals surface area contributed by atoms with E-state index in [1.807, 2.05) is 18.9 Å². The number of hydrogen-bond acceptors (Lipinski definition) is 10. The normalized spacial score (nSPS) is 22.7. The zero-order valence-electron chi connectivity index (χ0n) is 26.1. The highest BCUT2D eigenvalue weighted by Crippen LogP contribution is 2.34. The van der Waals surface area contributed by atoms with Crippen LogP contribution in [0, 0.1) is 23.0 Å². The average molecular weight is 640 g/mol. The molecule has 2 aliphatic heterocycles. The van der Waals surface area contributed by atoms with E-state index in [1.54, 1.807) is 18.7 Å². The second kappa shape index (κ2) is 13.5. The third kappa shape index (κ3) is 6.99. The average Bonchev–Trinajstić information content (AvgIpc) is 3.64. The van der Waals surface area contributed by atoms with Crippen molar-refractivity contribution in [1.82, 2.24) is 29.9 Å². The summed E-state index contributed by atoms with van der Waals surface area (Å²) in [6, 6.07) is 6.34. The van der Waals surface area contributed by atoms with Gasteiger partial charge in [0, 0.05) is 49.6 Å². The van der Waals surface area contributed by atoms with Crippen molar-refractivity contribution in [2.75, 3.05) is 20.1 Å². The number of halogens is 3. The maximum atomic E-state index is 14.7. The van der Waals surface area contributed by atoms with Crippen LogP contribution in [0.4, 0.5) is 13.2 Å². The molecule has 0 N–H and O–H groups in total. The van der Waals surface area contributed by atoms with Crippen LogP contribution < -0.4 is 9.47 Å². The summed E-state index contributed by atoms with van der Waals surface area (Å²) in [5.41, 5.74) is -0.979. The second-order valence-corrected chi connectivity index (χ2v) is 12.2. The number of alkyl halides is 1. The van der Waals surface area contributed by atoms with Gasteiger partial charge in [-0.2, -0.15) is 20.2 Å². The Kier molecular flexibility index (Phi) is 9.62. The van der Waals surface area contributed by atoms with Crippen molar-refractivity contribution < 1.29 is 32.0 Å². The van der Waals surface area contributed by atoms with E-state index in [4.69, 9.17) is 14.0 Å². The number of likely N-dealkylation sites (tertiary alicyclic amines) is 2. The smallest absolute Gasteiger partial charge is 0.246 e. The monoisotopic (exact) mass is 639 g/mol. The number of carbonyl (C=O) groups excluding carboxylic acids is 1. The molecular formula is C32H36F3N7O4. The number of likely N-dealkylation sites (N-methyl/N-ethyl adjacent to an activating group) is 1. The van der Waals surface area contributed by atoms with Gasteiger partial charge in [0.25, 0.3) is 0 Å². The Hall–Kier alpha value is -4.51. The van der Waals surface area contributed by atoms with E-state index in [0.717, 1.165) is 12.1 Å². The van der Waals surface area contributed by atoms with E-state index >= 15 is 0 Å². The van der Waals surface area contributed by atoms with Crippen LogP contribution in [-0.4, -0.2) is 86.4 Å². The van der Waals surface area contributed by atoms with Gasteiger partial charge in [0.1, 0.15) is 30.0 Å². The van der Waals surface area contributed by atoms with Crippen LogP contribution in [-0.2, 0) is 10.2 Å². The third-order valence-electron chi connectivity index (χ3n) is 8.58. The number of hydrogen-bond donors (Lipinski definition) is 0. The standard InChI is InChI=1S/C32H36F3N7O4/c1-6-28(43)42-12-10-22(15-21(42)9-11-36)45-27-16-26(44-18(2)25-14-20(34)17-41(25)5)37-29(38-27)30-39-31(46-40-30)32(3,4)23-8-7-19(33)13-24(23)35/h6-8,13,16,18,20-22,25H,1,9-10,12,14-15,17H2,2-5H3/t18-,20+,21+,22-,25-/m0/s1. The van der Waals surface area contributed by atoms with Gasteiger partial charge in [-0.3, -0.25) is 9.69 Å². The van der Waals surface area contributed by atoms with E-state index < -0.39 is 35.4 Å². The van der Waals surface area contributed by atoms with Gasteiger partial charge in [0.15, 0.2) is 0 Å². The largest absolute Gasteiger partial charge is 0.474 e.